The predicted octanol–water partition coefficient (Wildman–Crippen LogP) is 1.71. The van der Waals surface area contributed by atoms with Gasteiger partial charge in [-0.3, -0.25) is 0 Å². The van der Waals surface area contributed by atoms with Crippen LogP contribution in [0.15, 0.2) is 30.3 Å². The molecule has 0 saturated carbocycles. The van der Waals surface area contributed by atoms with Gasteiger partial charge >= 0.3 is 58.2 Å². The Bertz CT molecular complexity index is 168. The summed E-state index contributed by atoms with van der Waals surface area (Å²) in [7, 11) is 0. The Kier molecular flexibility index (Phi) is 23.7. The van der Waals surface area contributed by atoms with Gasteiger partial charge < -0.3 is 0 Å². The number of benzene rings is 1. The molecular formula is C13H23Rb. The Morgan fingerprint density at radius 3 is 1.36 bits per heavy atom. The molecule has 0 aliphatic carbocycles. The van der Waals surface area contributed by atoms with Crippen LogP contribution in [0.5, 0.6) is 0 Å². The molecule has 1 heteroatoms. The smallest absolute Gasteiger partial charge is 0.189 e. The van der Waals surface area contributed by atoms with Gasteiger partial charge in [-0.2, -0.15) is 23.6 Å². The molecule has 0 fully saturated rings. The van der Waals surface area contributed by atoms with E-state index in [1.807, 2.05) is 33.8 Å². The van der Waals surface area contributed by atoms with Gasteiger partial charge in [-0.1, -0.05) is 47.6 Å². The van der Waals surface area contributed by atoms with E-state index in [0.29, 0.717) is 0 Å². The molecule has 0 spiro atoms. The largest absolute Gasteiger partial charge is 1.00 e. The molecule has 0 bridgehead atoms. The Balaban J connectivity index is -0.000000216. The summed E-state index contributed by atoms with van der Waals surface area (Å²) in [5.41, 5.74) is 1.33. The first-order valence-corrected chi connectivity index (χ1v) is 5.16. The normalized spacial score (nSPS) is 6.71. The van der Waals surface area contributed by atoms with Crippen LogP contribution in [0.3, 0.4) is 0 Å². The van der Waals surface area contributed by atoms with Crippen LogP contribution >= 0.6 is 0 Å². The summed E-state index contributed by atoms with van der Waals surface area (Å²) in [5.74, 6) is 1.37. The Morgan fingerprint density at radius 1 is 0.786 bits per heavy atom. The van der Waals surface area contributed by atoms with Gasteiger partial charge in [0.15, 0.2) is 0 Å². The minimum absolute atomic E-state index is 0. The third-order valence-corrected chi connectivity index (χ3v) is 1.35. The van der Waals surface area contributed by atoms with Crippen molar-refractivity contribution in [1.29, 1.82) is 0 Å². The molecule has 1 aromatic carbocycles. The zero-order valence-corrected chi connectivity index (χ0v) is 15.8. The second kappa shape index (κ2) is 16.3. The van der Waals surface area contributed by atoms with E-state index in [2.05, 4.69) is 38.1 Å². The van der Waals surface area contributed by atoms with Crippen molar-refractivity contribution in [3.05, 3.63) is 41.8 Å². The van der Waals surface area contributed by atoms with Crippen LogP contribution in [-0.4, -0.2) is 0 Å². The van der Waals surface area contributed by atoms with Crippen LogP contribution in [0, 0.1) is 5.92 Å². The van der Waals surface area contributed by atoms with Crippen molar-refractivity contribution in [2.45, 2.75) is 41.5 Å². The van der Waals surface area contributed by atoms with E-state index in [9.17, 15) is 0 Å². The molecule has 0 N–H and O–H groups in total. The van der Waals surface area contributed by atoms with Gasteiger partial charge in [0.1, 0.15) is 0 Å². The van der Waals surface area contributed by atoms with Crippen molar-refractivity contribution in [1.82, 2.24) is 0 Å². The van der Waals surface area contributed by atoms with Crippen LogP contribution in [0.25, 0.3) is 0 Å². The number of hydrogen-bond acceptors (Lipinski definition) is 0. The van der Waals surface area contributed by atoms with Gasteiger partial charge in [-0.15, -0.1) is 12.1 Å². The van der Waals surface area contributed by atoms with Gasteiger partial charge in [0.25, 0.3) is 0 Å². The first kappa shape index (κ1) is 20.3. The Labute approximate surface area is 139 Å². The average molecular weight is 265 g/mol. The molecule has 14 heavy (non-hydrogen) atoms. The Morgan fingerprint density at radius 2 is 1.14 bits per heavy atom. The van der Waals surface area contributed by atoms with E-state index in [1.165, 1.54) is 11.5 Å². The fourth-order valence-electron chi connectivity index (χ4n) is 0.771. The van der Waals surface area contributed by atoms with Crippen LogP contribution in [0.1, 0.15) is 47.1 Å². The van der Waals surface area contributed by atoms with Crippen molar-refractivity contribution in [3.63, 3.8) is 0 Å². The van der Waals surface area contributed by atoms with Crippen LogP contribution in [-0.2, 0) is 0 Å². The van der Waals surface area contributed by atoms with Gasteiger partial charge in [-0.05, 0) is 0 Å². The van der Waals surface area contributed by atoms with E-state index in [0.717, 1.165) is 0 Å². The van der Waals surface area contributed by atoms with Crippen molar-refractivity contribution in [2.24, 2.45) is 0 Å². The van der Waals surface area contributed by atoms with Crippen LogP contribution in [0.2, 0.25) is 0 Å². The topological polar surface area (TPSA) is 0 Å². The zero-order chi connectivity index (χ0) is 10.7. The molecule has 0 unspecified atom stereocenters. The molecule has 0 atom stereocenters. The summed E-state index contributed by atoms with van der Waals surface area (Å²) in [6.07, 6.45) is 0. The van der Waals surface area contributed by atoms with E-state index in [1.54, 1.807) is 0 Å². The first-order valence-electron chi connectivity index (χ1n) is 5.16. The summed E-state index contributed by atoms with van der Waals surface area (Å²) in [6.45, 7) is 12.2. The number of hydrogen-bond donors (Lipinski definition) is 0. The molecule has 0 nitrogen and oxygen atoms in total. The van der Waals surface area contributed by atoms with Crippen molar-refractivity contribution < 1.29 is 58.2 Å². The second-order valence-corrected chi connectivity index (χ2v) is 2.37. The standard InChI is InChI=1S/C9H11.2C2H6.Rb/c1-8(2)9-6-4-3-5-7-9;2*1-2;/h3-7H,1-2H3;2*1-2H3;/q-1;;;+1. The van der Waals surface area contributed by atoms with Crippen molar-refractivity contribution >= 4 is 0 Å². The quantitative estimate of drug-likeness (QED) is 0.678. The molecule has 0 aliphatic rings. The van der Waals surface area contributed by atoms with E-state index in [4.69, 9.17) is 0 Å². The first-order chi connectivity index (χ1) is 6.30. The van der Waals surface area contributed by atoms with E-state index >= 15 is 0 Å². The molecule has 1 aromatic rings. The molecule has 0 saturated heterocycles. The minimum Gasteiger partial charge on any atom is -0.189 e. The van der Waals surface area contributed by atoms with E-state index in [-0.39, 0.29) is 58.2 Å². The summed E-state index contributed by atoms with van der Waals surface area (Å²) in [5, 5.41) is 0. The fraction of sp³-hybridized carbons (Fsp3) is 0.462. The van der Waals surface area contributed by atoms with Gasteiger partial charge in [0.05, 0.1) is 0 Å². The third kappa shape index (κ3) is 11.0. The van der Waals surface area contributed by atoms with Crippen molar-refractivity contribution in [2.75, 3.05) is 0 Å². The summed E-state index contributed by atoms with van der Waals surface area (Å²) in [6, 6.07) is 10.4. The van der Waals surface area contributed by atoms with Gasteiger partial charge in [-0.25, -0.2) is 0 Å². The summed E-state index contributed by atoms with van der Waals surface area (Å²) < 4.78 is 0. The van der Waals surface area contributed by atoms with E-state index < -0.39 is 0 Å². The maximum Gasteiger partial charge on any atom is 1.00 e. The molecule has 76 valence electrons. The monoisotopic (exact) mass is 264 g/mol. The summed E-state index contributed by atoms with van der Waals surface area (Å²) >= 11 is 0. The Hall–Kier alpha value is 0.895. The molecule has 0 radical (unpaired) electrons. The molecule has 0 aliphatic heterocycles. The van der Waals surface area contributed by atoms with Gasteiger partial charge in [0, 0.05) is 0 Å². The maximum absolute atomic E-state index is 2.12. The van der Waals surface area contributed by atoms with Crippen LogP contribution < -0.4 is 58.2 Å². The molecule has 0 heterocycles. The minimum atomic E-state index is 0. The SMILES string of the molecule is CC.CC.C[C-](C)c1ccccc1.[Rb+]. The predicted molar refractivity (Wildman–Crippen MR) is 62.8 cm³/mol. The zero-order valence-electron chi connectivity index (χ0n) is 10.9. The van der Waals surface area contributed by atoms with Crippen LogP contribution in [0.4, 0.5) is 0 Å². The number of rotatable bonds is 1. The molecular weight excluding hydrogens is 242 g/mol. The summed E-state index contributed by atoms with van der Waals surface area (Å²) in [4.78, 5) is 0. The second-order valence-electron chi connectivity index (χ2n) is 2.37. The average Bonchev–Trinajstić information content (AvgIpc) is 2.25. The molecule has 1 rings (SSSR count). The van der Waals surface area contributed by atoms with Crippen molar-refractivity contribution in [3.8, 4) is 0 Å². The maximum atomic E-state index is 2.12. The fourth-order valence-corrected chi connectivity index (χ4v) is 0.771. The molecule has 0 aromatic heterocycles. The van der Waals surface area contributed by atoms with Gasteiger partial charge in [0.2, 0.25) is 0 Å². The molecule has 0 amide bonds. The third-order valence-electron chi connectivity index (χ3n) is 1.35.